The third kappa shape index (κ3) is 3.33. The number of ether oxygens (including phenoxy) is 1. The van der Waals surface area contributed by atoms with Gasteiger partial charge in [-0.25, -0.2) is 0 Å². The second-order valence-electron chi connectivity index (χ2n) is 11.6. The van der Waals surface area contributed by atoms with E-state index in [1.54, 1.807) is 0 Å². The fraction of sp³-hybridized carbons (Fsp3) is 0.158. The molecule has 0 aromatic heterocycles. The number of fused-ring (bicyclic) bond motifs is 7. The van der Waals surface area contributed by atoms with Crippen molar-refractivity contribution in [3.05, 3.63) is 139 Å². The van der Waals surface area contributed by atoms with Crippen LogP contribution in [0.2, 0.25) is 0 Å². The highest BCUT2D eigenvalue weighted by Crippen LogP contribution is 2.59. The van der Waals surface area contributed by atoms with Crippen LogP contribution in [-0.2, 0) is 15.9 Å². The quantitative estimate of drug-likeness (QED) is 0.216. The van der Waals surface area contributed by atoms with Crippen molar-refractivity contribution in [1.82, 2.24) is 0 Å². The molecule has 6 aromatic carbocycles. The molecule has 194 valence electrons. The summed E-state index contributed by atoms with van der Waals surface area (Å²) in [5.74, 6) is 0. The first-order valence-electron chi connectivity index (χ1n) is 14.3. The fourth-order valence-corrected chi connectivity index (χ4v) is 7.27. The highest BCUT2D eigenvalue weighted by atomic mass is 16.5. The normalized spacial score (nSPS) is 21.1. The van der Waals surface area contributed by atoms with Crippen LogP contribution in [-0.4, -0.2) is 0 Å². The molecule has 0 spiro atoms. The van der Waals surface area contributed by atoms with Gasteiger partial charge in [-0.15, -0.1) is 0 Å². The molecule has 0 saturated carbocycles. The number of benzene rings is 6. The molecule has 0 N–H and O–H groups in total. The maximum absolute atomic E-state index is 6.63. The Labute approximate surface area is 235 Å². The molecule has 0 aliphatic carbocycles. The van der Waals surface area contributed by atoms with Crippen LogP contribution in [0.5, 0.6) is 0 Å². The molecule has 40 heavy (non-hydrogen) atoms. The average Bonchev–Trinajstić information content (AvgIpc) is 3.45. The van der Waals surface area contributed by atoms with Gasteiger partial charge in [0.25, 0.3) is 0 Å². The molecule has 1 saturated heterocycles. The van der Waals surface area contributed by atoms with Crippen LogP contribution >= 0.6 is 0 Å². The molecule has 2 atom stereocenters. The zero-order chi connectivity index (χ0) is 26.9. The molecule has 1 fully saturated rings. The van der Waals surface area contributed by atoms with Gasteiger partial charge in [0, 0.05) is 22.1 Å². The van der Waals surface area contributed by atoms with Crippen LogP contribution in [0.25, 0.3) is 32.7 Å². The lowest BCUT2D eigenvalue weighted by Crippen LogP contribution is -2.17. The van der Waals surface area contributed by atoms with Crippen LogP contribution in [0.15, 0.2) is 127 Å². The molecule has 2 unspecified atom stereocenters. The highest BCUT2D eigenvalue weighted by molar-refractivity contribution is 6.22. The lowest BCUT2D eigenvalue weighted by molar-refractivity contribution is -0.0662. The van der Waals surface area contributed by atoms with Crippen molar-refractivity contribution in [1.29, 1.82) is 0 Å². The Hall–Kier alpha value is -4.40. The Balaban J connectivity index is 1.46. The maximum atomic E-state index is 6.63. The van der Waals surface area contributed by atoms with Crippen LogP contribution in [0.3, 0.4) is 0 Å². The van der Waals surface area contributed by atoms with Gasteiger partial charge in [-0.2, -0.15) is 0 Å². The van der Waals surface area contributed by atoms with Gasteiger partial charge < -0.3 is 9.64 Å². The first kappa shape index (κ1) is 23.5. The highest BCUT2D eigenvalue weighted by Gasteiger charge is 2.54. The van der Waals surface area contributed by atoms with Gasteiger partial charge >= 0.3 is 0 Å². The molecule has 8 rings (SSSR count). The summed E-state index contributed by atoms with van der Waals surface area (Å²) >= 11 is 0. The predicted octanol–water partition coefficient (Wildman–Crippen LogP) is 10.4. The zero-order valence-corrected chi connectivity index (χ0v) is 22.9. The molecular weight excluding hydrogens is 486 g/mol. The summed E-state index contributed by atoms with van der Waals surface area (Å²) in [4.78, 5) is 2.41. The van der Waals surface area contributed by atoms with Gasteiger partial charge in [0.1, 0.15) is 0 Å². The van der Waals surface area contributed by atoms with Crippen LogP contribution in [0.4, 0.5) is 17.1 Å². The number of rotatable bonds is 4. The first-order chi connectivity index (χ1) is 19.6. The SMILES string of the molecule is CC12CCC(C)(O1)c1cc(-c3c4ccccc4c(N(c4ccccc4)c4ccccc4)c4ccccc34)ccc12. The Morgan fingerprint density at radius 2 is 1.00 bits per heavy atom. The number of hydrogen-bond donors (Lipinski definition) is 0. The van der Waals surface area contributed by atoms with E-state index in [9.17, 15) is 0 Å². The maximum Gasteiger partial charge on any atom is 0.0920 e. The molecule has 2 nitrogen and oxygen atoms in total. The largest absolute Gasteiger partial charge is 0.360 e. The van der Waals surface area contributed by atoms with Gasteiger partial charge in [-0.1, -0.05) is 97.1 Å². The lowest BCUT2D eigenvalue weighted by atomic mass is 9.77. The molecule has 2 aliphatic rings. The molecule has 6 aromatic rings. The monoisotopic (exact) mass is 517 g/mol. The summed E-state index contributed by atoms with van der Waals surface area (Å²) < 4.78 is 6.63. The molecular formula is C38H31NO. The topological polar surface area (TPSA) is 12.5 Å². The number of para-hydroxylation sites is 2. The summed E-state index contributed by atoms with van der Waals surface area (Å²) in [6.45, 7) is 4.52. The average molecular weight is 518 g/mol. The van der Waals surface area contributed by atoms with Gasteiger partial charge in [-0.05, 0) is 90.0 Å². The first-order valence-corrected chi connectivity index (χ1v) is 14.3. The Kier molecular flexibility index (Phi) is 5.02. The van der Waals surface area contributed by atoms with E-state index in [1.165, 1.54) is 49.5 Å². The second-order valence-corrected chi connectivity index (χ2v) is 11.6. The third-order valence-corrected chi connectivity index (χ3v) is 9.13. The molecule has 2 heterocycles. The smallest absolute Gasteiger partial charge is 0.0920 e. The van der Waals surface area contributed by atoms with Crippen molar-refractivity contribution in [3.63, 3.8) is 0 Å². The van der Waals surface area contributed by atoms with Crippen LogP contribution < -0.4 is 4.90 Å². The van der Waals surface area contributed by atoms with Gasteiger partial charge in [0.2, 0.25) is 0 Å². The van der Waals surface area contributed by atoms with Crippen molar-refractivity contribution in [2.45, 2.75) is 37.9 Å². The Morgan fingerprint density at radius 1 is 0.525 bits per heavy atom. The van der Waals surface area contributed by atoms with E-state index in [4.69, 9.17) is 4.74 Å². The minimum absolute atomic E-state index is 0.164. The van der Waals surface area contributed by atoms with E-state index in [0.29, 0.717) is 0 Å². The molecule has 0 radical (unpaired) electrons. The fourth-order valence-electron chi connectivity index (χ4n) is 7.27. The third-order valence-electron chi connectivity index (χ3n) is 9.13. The molecule has 0 amide bonds. The summed E-state index contributed by atoms with van der Waals surface area (Å²) in [6, 6.07) is 46.3. The minimum Gasteiger partial charge on any atom is -0.360 e. The molecule has 2 aliphatic heterocycles. The van der Waals surface area contributed by atoms with Crippen molar-refractivity contribution < 1.29 is 4.74 Å². The minimum atomic E-state index is -0.205. The standard InChI is InChI=1S/C38H31NO/c1-37-23-24-38(2,40-37)34-25-26(21-22-33(34)37)35-29-17-9-11-19-31(29)36(32-20-12-10-18-30(32)35)39(27-13-5-3-6-14-27)28-15-7-4-8-16-28/h3-22,25H,23-24H2,1-2H3. The number of nitrogens with zero attached hydrogens (tertiary/aromatic N) is 1. The van der Waals surface area contributed by atoms with Crippen molar-refractivity contribution in [3.8, 4) is 11.1 Å². The van der Waals surface area contributed by atoms with Gasteiger partial charge in [0.05, 0.1) is 16.9 Å². The Bertz CT molecular complexity index is 1820. The summed E-state index contributed by atoms with van der Waals surface area (Å²) in [5.41, 5.74) is 8.37. The van der Waals surface area contributed by atoms with Gasteiger partial charge in [0.15, 0.2) is 0 Å². The summed E-state index contributed by atoms with van der Waals surface area (Å²) in [5, 5.41) is 4.99. The number of anilines is 3. The Morgan fingerprint density at radius 3 is 1.55 bits per heavy atom. The molecule has 2 bridgehead atoms. The lowest BCUT2D eigenvalue weighted by Gasteiger charge is -2.29. The predicted molar refractivity (Wildman–Crippen MR) is 167 cm³/mol. The molecule has 2 heteroatoms. The van der Waals surface area contributed by atoms with E-state index in [-0.39, 0.29) is 11.2 Å². The second kappa shape index (κ2) is 8.55. The zero-order valence-electron chi connectivity index (χ0n) is 22.9. The van der Waals surface area contributed by atoms with E-state index in [2.05, 4.69) is 146 Å². The van der Waals surface area contributed by atoms with E-state index in [1.807, 2.05) is 0 Å². The van der Waals surface area contributed by atoms with Crippen LogP contribution in [0, 0.1) is 0 Å². The van der Waals surface area contributed by atoms with E-state index in [0.717, 1.165) is 24.2 Å². The van der Waals surface area contributed by atoms with Crippen molar-refractivity contribution in [2.75, 3.05) is 4.90 Å². The van der Waals surface area contributed by atoms with E-state index >= 15 is 0 Å². The van der Waals surface area contributed by atoms with E-state index < -0.39 is 0 Å². The van der Waals surface area contributed by atoms with Gasteiger partial charge in [-0.3, -0.25) is 0 Å². The summed E-state index contributed by atoms with van der Waals surface area (Å²) in [7, 11) is 0. The van der Waals surface area contributed by atoms with Crippen LogP contribution in [0.1, 0.15) is 37.8 Å². The van der Waals surface area contributed by atoms with Crippen molar-refractivity contribution in [2.24, 2.45) is 0 Å². The van der Waals surface area contributed by atoms with Crippen molar-refractivity contribution >= 4 is 38.6 Å². The summed E-state index contributed by atoms with van der Waals surface area (Å²) in [6.07, 6.45) is 2.16. The number of hydrogen-bond acceptors (Lipinski definition) is 2.